The fraction of sp³-hybridized carbons (Fsp3) is 0.500. The molecular formula is C20H24Cl2N2O3. The Morgan fingerprint density at radius 1 is 1.15 bits per heavy atom. The van der Waals surface area contributed by atoms with E-state index in [0.717, 1.165) is 19.3 Å². The Morgan fingerprint density at radius 2 is 1.89 bits per heavy atom. The van der Waals surface area contributed by atoms with Crippen LogP contribution in [0.3, 0.4) is 0 Å². The molecule has 146 valence electrons. The van der Waals surface area contributed by atoms with E-state index >= 15 is 0 Å². The second-order valence-electron chi connectivity index (χ2n) is 7.54. The number of rotatable bonds is 3. The Kier molecular flexibility index (Phi) is 6.02. The highest BCUT2D eigenvalue weighted by Crippen LogP contribution is 2.34. The molecule has 5 nitrogen and oxygen atoms in total. The smallest absolute Gasteiger partial charge is 0.338 e. The zero-order valence-corrected chi connectivity index (χ0v) is 17.2. The van der Waals surface area contributed by atoms with Crippen molar-refractivity contribution in [1.82, 2.24) is 10.6 Å². The fourth-order valence-electron chi connectivity index (χ4n) is 3.73. The number of halogens is 2. The lowest BCUT2D eigenvalue weighted by Crippen LogP contribution is -2.45. The molecule has 1 heterocycles. The molecule has 2 N–H and O–H groups in total. The highest BCUT2D eigenvalue weighted by atomic mass is 35.5. The van der Waals surface area contributed by atoms with Crippen molar-refractivity contribution in [3.8, 4) is 0 Å². The Hall–Kier alpha value is -1.72. The van der Waals surface area contributed by atoms with Gasteiger partial charge in [-0.3, -0.25) is 0 Å². The van der Waals surface area contributed by atoms with Crippen LogP contribution in [0.2, 0.25) is 10.0 Å². The van der Waals surface area contributed by atoms with Crippen molar-refractivity contribution in [2.75, 3.05) is 0 Å². The van der Waals surface area contributed by atoms with Crippen LogP contribution in [0.5, 0.6) is 0 Å². The number of amides is 2. The van der Waals surface area contributed by atoms with E-state index in [4.69, 9.17) is 27.9 Å². The molecule has 0 saturated heterocycles. The normalized spacial score (nSPS) is 28.4. The largest absolute Gasteiger partial charge is 0.459 e. The standard InChI is InChI=1S/C20H24Cl2N2O3/c1-10-4-6-14(8-11(10)2)27-19(25)17-12(3)23-20(26)24-18(17)13-5-7-15(21)16(22)9-13/h5,7,9-11,14,18H,4,6,8H2,1-3H3,(H2,23,24,26)/t10-,11+,14+,18+/m0/s1. The van der Waals surface area contributed by atoms with E-state index in [2.05, 4.69) is 24.5 Å². The quantitative estimate of drug-likeness (QED) is 0.689. The van der Waals surface area contributed by atoms with Crippen molar-refractivity contribution in [3.05, 3.63) is 45.1 Å². The van der Waals surface area contributed by atoms with Crippen LogP contribution in [-0.2, 0) is 9.53 Å². The van der Waals surface area contributed by atoms with Gasteiger partial charge in [-0.15, -0.1) is 0 Å². The molecule has 1 aromatic rings. The first-order valence-corrected chi connectivity index (χ1v) is 9.96. The second kappa shape index (κ2) is 8.11. The van der Waals surface area contributed by atoms with Gasteiger partial charge in [0.25, 0.3) is 0 Å². The lowest BCUT2D eigenvalue weighted by molar-refractivity contribution is -0.147. The zero-order chi connectivity index (χ0) is 19.7. The number of hydrogen-bond acceptors (Lipinski definition) is 3. The maximum Gasteiger partial charge on any atom is 0.338 e. The summed E-state index contributed by atoms with van der Waals surface area (Å²) >= 11 is 12.1. The molecule has 1 aromatic carbocycles. The molecule has 27 heavy (non-hydrogen) atoms. The molecule has 1 aliphatic carbocycles. The lowest BCUT2D eigenvalue weighted by atomic mass is 9.80. The third-order valence-electron chi connectivity index (χ3n) is 5.59. The lowest BCUT2D eigenvalue weighted by Gasteiger charge is -2.33. The van der Waals surface area contributed by atoms with Crippen molar-refractivity contribution in [3.63, 3.8) is 0 Å². The molecule has 0 aromatic heterocycles. The molecule has 1 aliphatic heterocycles. The predicted molar refractivity (Wildman–Crippen MR) is 106 cm³/mol. The maximum absolute atomic E-state index is 13.0. The van der Waals surface area contributed by atoms with E-state index in [1.54, 1.807) is 25.1 Å². The summed E-state index contributed by atoms with van der Waals surface area (Å²) in [5.74, 6) is 0.741. The molecule has 1 fully saturated rings. The SMILES string of the molecule is CC1=C(C(=O)O[C@@H]2CC[C@H](C)[C@H](C)C2)[C@@H](c2ccc(Cl)c(Cl)c2)NC(=O)N1. The van der Waals surface area contributed by atoms with Crippen molar-refractivity contribution in [2.45, 2.75) is 52.2 Å². The Labute approximate surface area is 169 Å². The van der Waals surface area contributed by atoms with E-state index in [9.17, 15) is 9.59 Å². The number of nitrogens with one attached hydrogen (secondary N) is 2. The van der Waals surface area contributed by atoms with Gasteiger partial charge in [0.2, 0.25) is 0 Å². The van der Waals surface area contributed by atoms with Crippen LogP contribution in [0.15, 0.2) is 29.5 Å². The van der Waals surface area contributed by atoms with Gasteiger partial charge in [0.15, 0.2) is 0 Å². The third kappa shape index (κ3) is 4.41. The van der Waals surface area contributed by atoms with Gasteiger partial charge >= 0.3 is 12.0 Å². The molecular weight excluding hydrogens is 387 g/mol. The van der Waals surface area contributed by atoms with Crippen LogP contribution in [0.25, 0.3) is 0 Å². The molecule has 0 bridgehead atoms. The summed E-state index contributed by atoms with van der Waals surface area (Å²) in [5.41, 5.74) is 1.55. The number of carbonyl (C=O) groups excluding carboxylic acids is 2. The van der Waals surface area contributed by atoms with Gasteiger partial charge < -0.3 is 15.4 Å². The maximum atomic E-state index is 13.0. The average molecular weight is 411 g/mol. The first kappa shape index (κ1) is 20.0. The van der Waals surface area contributed by atoms with Crippen LogP contribution in [0.1, 0.15) is 51.6 Å². The summed E-state index contributed by atoms with van der Waals surface area (Å²) in [6, 6.07) is 4.04. The van der Waals surface area contributed by atoms with Crippen LogP contribution >= 0.6 is 23.2 Å². The van der Waals surface area contributed by atoms with Gasteiger partial charge in [-0.2, -0.15) is 0 Å². The van der Waals surface area contributed by atoms with E-state index < -0.39 is 12.0 Å². The number of allylic oxidation sites excluding steroid dienone is 1. The number of esters is 1. The van der Waals surface area contributed by atoms with Gasteiger partial charge in [-0.25, -0.2) is 9.59 Å². The van der Waals surface area contributed by atoms with Crippen LogP contribution in [-0.4, -0.2) is 18.1 Å². The highest BCUT2D eigenvalue weighted by molar-refractivity contribution is 6.42. The van der Waals surface area contributed by atoms with Crippen molar-refractivity contribution >= 4 is 35.2 Å². The molecule has 0 spiro atoms. The highest BCUT2D eigenvalue weighted by Gasteiger charge is 2.35. The van der Waals surface area contributed by atoms with E-state index in [-0.39, 0.29) is 12.1 Å². The number of ether oxygens (including phenoxy) is 1. The zero-order valence-electron chi connectivity index (χ0n) is 15.6. The minimum atomic E-state index is -0.638. The number of hydrogen-bond donors (Lipinski definition) is 2. The third-order valence-corrected chi connectivity index (χ3v) is 6.33. The van der Waals surface area contributed by atoms with Crippen molar-refractivity contribution in [2.24, 2.45) is 11.8 Å². The Bertz CT molecular complexity index is 793. The van der Waals surface area contributed by atoms with Crippen LogP contribution < -0.4 is 10.6 Å². The molecule has 2 aliphatic rings. The molecule has 2 amide bonds. The van der Waals surface area contributed by atoms with Crippen LogP contribution in [0.4, 0.5) is 4.79 Å². The monoisotopic (exact) mass is 410 g/mol. The van der Waals surface area contributed by atoms with Gasteiger partial charge in [0, 0.05) is 5.70 Å². The minimum Gasteiger partial charge on any atom is -0.459 e. The average Bonchev–Trinajstić information content (AvgIpc) is 2.59. The summed E-state index contributed by atoms with van der Waals surface area (Å²) in [5, 5.41) is 6.22. The Balaban J connectivity index is 1.85. The van der Waals surface area contributed by atoms with E-state index in [1.807, 2.05) is 0 Å². The molecule has 0 unspecified atom stereocenters. The fourth-order valence-corrected chi connectivity index (χ4v) is 4.03. The van der Waals surface area contributed by atoms with E-state index in [0.29, 0.717) is 38.7 Å². The molecule has 4 atom stereocenters. The second-order valence-corrected chi connectivity index (χ2v) is 8.35. The first-order valence-electron chi connectivity index (χ1n) is 9.20. The summed E-state index contributed by atoms with van der Waals surface area (Å²) in [4.78, 5) is 25.0. The predicted octanol–water partition coefficient (Wildman–Crippen LogP) is 4.99. The Morgan fingerprint density at radius 3 is 2.56 bits per heavy atom. The van der Waals surface area contributed by atoms with Gasteiger partial charge in [-0.05, 0) is 55.7 Å². The minimum absolute atomic E-state index is 0.101. The summed E-state index contributed by atoms with van der Waals surface area (Å²) in [6.07, 6.45) is 2.66. The molecule has 0 radical (unpaired) electrons. The van der Waals surface area contributed by atoms with Crippen LogP contribution in [0, 0.1) is 11.8 Å². The number of benzene rings is 1. The summed E-state index contributed by atoms with van der Waals surface area (Å²) in [7, 11) is 0. The summed E-state index contributed by atoms with van der Waals surface area (Å²) < 4.78 is 5.81. The van der Waals surface area contributed by atoms with Crippen molar-refractivity contribution < 1.29 is 14.3 Å². The summed E-state index contributed by atoms with van der Waals surface area (Å²) in [6.45, 7) is 6.12. The number of carbonyl (C=O) groups is 2. The molecule has 3 rings (SSSR count). The first-order chi connectivity index (χ1) is 12.8. The molecule has 7 heteroatoms. The topological polar surface area (TPSA) is 67.4 Å². The van der Waals surface area contributed by atoms with Crippen molar-refractivity contribution in [1.29, 1.82) is 0 Å². The van der Waals surface area contributed by atoms with E-state index in [1.165, 1.54) is 0 Å². The van der Waals surface area contributed by atoms with Gasteiger partial charge in [0.1, 0.15) is 6.10 Å². The van der Waals surface area contributed by atoms with Gasteiger partial charge in [-0.1, -0.05) is 43.1 Å². The van der Waals surface area contributed by atoms with Gasteiger partial charge in [0.05, 0.1) is 21.7 Å². The molecule has 1 saturated carbocycles. The number of urea groups is 1.